The molecular formula is C21H28N2O2. The fraction of sp³-hybridized carbons (Fsp3) is 0.381. The van der Waals surface area contributed by atoms with Gasteiger partial charge >= 0.3 is 0 Å². The van der Waals surface area contributed by atoms with Gasteiger partial charge in [-0.2, -0.15) is 0 Å². The van der Waals surface area contributed by atoms with Crippen LogP contribution in [0.1, 0.15) is 32.6 Å². The number of benzene rings is 2. The molecule has 2 aromatic carbocycles. The molecule has 0 aliphatic carbocycles. The Balaban J connectivity index is 1.80. The molecule has 0 radical (unpaired) electrons. The van der Waals surface area contributed by atoms with Crippen LogP contribution in [0.15, 0.2) is 54.6 Å². The minimum atomic E-state index is 0.0112. The van der Waals surface area contributed by atoms with E-state index in [0.717, 1.165) is 30.2 Å². The summed E-state index contributed by atoms with van der Waals surface area (Å²) in [5, 5.41) is 3.17. The molecule has 2 aromatic rings. The van der Waals surface area contributed by atoms with E-state index in [0.29, 0.717) is 0 Å². The molecule has 2 rings (SSSR count). The smallest absolute Gasteiger partial charge is 0.246 e. The van der Waals surface area contributed by atoms with Crippen molar-refractivity contribution in [1.82, 2.24) is 0 Å². The predicted octanol–water partition coefficient (Wildman–Crippen LogP) is 4.72. The van der Waals surface area contributed by atoms with E-state index >= 15 is 0 Å². The Morgan fingerprint density at radius 2 is 1.84 bits per heavy atom. The predicted molar refractivity (Wildman–Crippen MR) is 104 cm³/mol. The van der Waals surface area contributed by atoms with E-state index in [2.05, 4.69) is 12.2 Å². The van der Waals surface area contributed by atoms with Crippen molar-refractivity contribution in [3.05, 3.63) is 54.6 Å². The molecule has 25 heavy (non-hydrogen) atoms. The first-order valence-corrected chi connectivity index (χ1v) is 8.99. The molecule has 0 heterocycles. The zero-order chi connectivity index (χ0) is 17.9. The van der Waals surface area contributed by atoms with Crippen molar-refractivity contribution in [2.75, 3.05) is 30.4 Å². The minimum absolute atomic E-state index is 0.0112. The lowest BCUT2D eigenvalue weighted by Gasteiger charge is -2.18. The van der Waals surface area contributed by atoms with E-state index in [1.165, 1.54) is 19.3 Å². The molecule has 1 amide bonds. The first-order chi connectivity index (χ1) is 12.2. The number of nitrogens with one attached hydrogen (secondary N) is 1. The zero-order valence-electron chi connectivity index (χ0n) is 15.2. The molecule has 0 fully saturated rings. The summed E-state index contributed by atoms with van der Waals surface area (Å²) in [6, 6.07) is 17.4. The van der Waals surface area contributed by atoms with Crippen LogP contribution in [-0.2, 0) is 4.79 Å². The summed E-state index contributed by atoms with van der Waals surface area (Å²) >= 11 is 0. The monoisotopic (exact) mass is 340 g/mol. The van der Waals surface area contributed by atoms with Gasteiger partial charge in [-0.1, -0.05) is 50.5 Å². The number of anilines is 2. The summed E-state index contributed by atoms with van der Waals surface area (Å²) in [4.78, 5) is 14.0. The van der Waals surface area contributed by atoms with Crippen molar-refractivity contribution in [3.63, 3.8) is 0 Å². The highest BCUT2D eigenvalue weighted by molar-refractivity contribution is 5.95. The summed E-state index contributed by atoms with van der Waals surface area (Å²) in [5.74, 6) is 0.849. The first-order valence-electron chi connectivity index (χ1n) is 8.99. The van der Waals surface area contributed by atoms with Gasteiger partial charge in [0, 0.05) is 24.5 Å². The van der Waals surface area contributed by atoms with Crippen molar-refractivity contribution in [1.29, 1.82) is 0 Å². The molecule has 0 aliphatic heterocycles. The standard InChI is InChI=1S/C21H28N2O2/c1-3-4-5-9-15-25-20-14-10-11-18(16-20)22-17-21(24)23(2)19-12-7-6-8-13-19/h6-8,10-14,16,22H,3-5,9,15,17H2,1-2H3. The lowest BCUT2D eigenvalue weighted by atomic mass is 10.2. The van der Waals surface area contributed by atoms with Crippen LogP contribution in [0.3, 0.4) is 0 Å². The summed E-state index contributed by atoms with van der Waals surface area (Å²) in [7, 11) is 1.79. The fourth-order valence-corrected chi connectivity index (χ4v) is 2.51. The van der Waals surface area contributed by atoms with Crippen molar-refractivity contribution >= 4 is 17.3 Å². The number of hydrogen-bond donors (Lipinski definition) is 1. The van der Waals surface area contributed by atoms with E-state index in [9.17, 15) is 4.79 Å². The van der Waals surface area contributed by atoms with Gasteiger partial charge in [0.2, 0.25) is 5.91 Å². The highest BCUT2D eigenvalue weighted by Crippen LogP contribution is 2.18. The third kappa shape index (κ3) is 6.49. The molecule has 0 spiro atoms. The van der Waals surface area contributed by atoms with Gasteiger partial charge in [-0.15, -0.1) is 0 Å². The molecule has 4 nitrogen and oxygen atoms in total. The van der Waals surface area contributed by atoms with Gasteiger partial charge in [-0.05, 0) is 30.7 Å². The summed E-state index contributed by atoms with van der Waals surface area (Å²) in [6.45, 7) is 3.18. The quantitative estimate of drug-likeness (QED) is 0.636. The van der Waals surface area contributed by atoms with Crippen LogP contribution in [-0.4, -0.2) is 26.1 Å². The number of ether oxygens (including phenoxy) is 1. The topological polar surface area (TPSA) is 41.6 Å². The van der Waals surface area contributed by atoms with Gasteiger partial charge in [0.1, 0.15) is 5.75 Å². The van der Waals surface area contributed by atoms with Gasteiger partial charge in [0.05, 0.1) is 13.2 Å². The van der Waals surface area contributed by atoms with E-state index in [4.69, 9.17) is 4.74 Å². The molecule has 4 heteroatoms. The normalized spacial score (nSPS) is 10.3. The molecule has 134 valence electrons. The van der Waals surface area contributed by atoms with Crippen LogP contribution in [0, 0.1) is 0 Å². The van der Waals surface area contributed by atoms with Crippen LogP contribution in [0.25, 0.3) is 0 Å². The number of nitrogens with zero attached hydrogens (tertiary/aromatic N) is 1. The van der Waals surface area contributed by atoms with Crippen LogP contribution >= 0.6 is 0 Å². The minimum Gasteiger partial charge on any atom is -0.494 e. The van der Waals surface area contributed by atoms with Crippen molar-refractivity contribution in [2.24, 2.45) is 0 Å². The molecule has 0 aromatic heterocycles. The highest BCUT2D eigenvalue weighted by atomic mass is 16.5. The van der Waals surface area contributed by atoms with Crippen LogP contribution in [0.2, 0.25) is 0 Å². The number of likely N-dealkylation sites (N-methyl/N-ethyl adjacent to an activating group) is 1. The number of para-hydroxylation sites is 1. The SMILES string of the molecule is CCCCCCOc1cccc(NCC(=O)N(C)c2ccccc2)c1. The summed E-state index contributed by atoms with van der Waals surface area (Å²) in [5.41, 5.74) is 1.78. The molecular weight excluding hydrogens is 312 g/mol. The van der Waals surface area contributed by atoms with Crippen molar-refractivity contribution in [3.8, 4) is 5.75 Å². The molecule has 0 unspecified atom stereocenters. The third-order valence-electron chi connectivity index (χ3n) is 4.06. The number of unbranched alkanes of at least 4 members (excludes halogenated alkanes) is 3. The fourth-order valence-electron chi connectivity index (χ4n) is 2.51. The second kappa shape index (κ2) is 10.4. The molecule has 0 saturated carbocycles. The summed E-state index contributed by atoms with van der Waals surface area (Å²) < 4.78 is 5.78. The number of carbonyl (C=O) groups is 1. The lowest BCUT2D eigenvalue weighted by Crippen LogP contribution is -2.32. The highest BCUT2D eigenvalue weighted by Gasteiger charge is 2.10. The van der Waals surface area contributed by atoms with Gasteiger partial charge in [-0.3, -0.25) is 4.79 Å². The maximum atomic E-state index is 12.3. The van der Waals surface area contributed by atoms with Gasteiger partial charge in [0.25, 0.3) is 0 Å². The number of amides is 1. The molecule has 1 N–H and O–H groups in total. The van der Waals surface area contributed by atoms with Gasteiger partial charge < -0.3 is 15.0 Å². The van der Waals surface area contributed by atoms with Crippen LogP contribution in [0.4, 0.5) is 11.4 Å². The van der Waals surface area contributed by atoms with E-state index < -0.39 is 0 Å². The van der Waals surface area contributed by atoms with Gasteiger partial charge in [0.15, 0.2) is 0 Å². The number of hydrogen-bond acceptors (Lipinski definition) is 3. The Kier molecular flexibility index (Phi) is 7.83. The summed E-state index contributed by atoms with van der Waals surface area (Å²) in [6.07, 6.45) is 4.76. The average molecular weight is 340 g/mol. The van der Waals surface area contributed by atoms with Gasteiger partial charge in [-0.25, -0.2) is 0 Å². The molecule has 0 aliphatic rings. The number of carbonyl (C=O) groups excluding carboxylic acids is 1. The lowest BCUT2D eigenvalue weighted by molar-refractivity contribution is -0.116. The maximum Gasteiger partial charge on any atom is 0.246 e. The Hall–Kier alpha value is -2.49. The Labute approximate surface area is 150 Å². The Morgan fingerprint density at radius 1 is 1.04 bits per heavy atom. The third-order valence-corrected chi connectivity index (χ3v) is 4.06. The zero-order valence-corrected chi connectivity index (χ0v) is 15.2. The largest absolute Gasteiger partial charge is 0.494 e. The average Bonchev–Trinajstić information content (AvgIpc) is 2.66. The second-order valence-electron chi connectivity index (χ2n) is 6.08. The molecule has 0 atom stereocenters. The molecule has 0 bridgehead atoms. The van der Waals surface area contributed by atoms with Crippen LogP contribution in [0.5, 0.6) is 5.75 Å². The Morgan fingerprint density at radius 3 is 2.60 bits per heavy atom. The number of rotatable bonds is 10. The van der Waals surface area contributed by atoms with E-state index in [-0.39, 0.29) is 12.5 Å². The second-order valence-corrected chi connectivity index (χ2v) is 6.08. The van der Waals surface area contributed by atoms with Crippen molar-refractivity contribution in [2.45, 2.75) is 32.6 Å². The molecule has 0 saturated heterocycles. The first kappa shape index (κ1) is 18.8. The maximum absolute atomic E-state index is 12.3. The van der Waals surface area contributed by atoms with Crippen molar-refractivity contribution < 1.29 is 9.53 Å². The Bertz CT molecular complexity index is 643. The van der Waals surface area contributed by atoms with E-state index in [1.807, 2.05) is 54.6 Å². The van der Waals surface area contributed by atoms with Crippen LogP contribution < -0.4 is 15.0 Å². The van der Waals surface area contributed by atoms with E-state index in [1.54, 1.807) is 11.9 Å².